The van der Waals surface area contributed by atoms with E-state index in [0.29, 0.717) is 10.8 Å². The van der Waals surface area contributed by atoms with Gasteiger partial charge in [-0.05, 0) is 37.6 Å². The average Bonchev–Trinajstić information content (AvgIpc) is 2.79. The molecule has 0 aromatic carbocycles. The first-order valence-electron chi connectivity index (χ1n) is 7.90. The summed E-state index contributed by atoms with van der Waals surface area (Å²) >= 11 is 1.36. The summed E-state index contributed by atoms with van der Waals surface area (Å²) in [4.78, 5) is 18.8. The normalized spacial score (nSPS) is 20.1. The summed E-state index contributed by atoms with van der Waals surface area (Å²) in [6.45, 7) is 9.83. The van der Waals surface area contributed by atoms with E-state index in [1.54, 1.807) is 0 Å². The van der Waals surface area contributed by atoms with E-state index in [1.807, 2.05) is 0 Å². The molecule has 0 spiro atoms. The molecule has 2 rings (SSSR count). The van der Waals surface area contributed by atoms with Crippen molar-refractivity contribution in [1.82, 2.24) is 9.88 Å². The van der Waals surface area contributed by atoms with Crippen LogP contribution in [0.25, 0.3) is 0 Å². The van der Waals surface area contributed by atoms with Crippen LogP contribution in [0.15, 0.2) is 0 Å². The van der Waals surface area contributed by atoms with Crippen molar-refractivity contribution in [3.8, 4) is 0 Å². The zero-order valence-electron chi connectivity index (χ0n) is 13.3. The maximum atomic E-state index is 11.3. The maximum absolute atomic E-state index is 11.3. The molecule has 1 unspecified atom stereocenters. The van der Waals surface area contributed by atoms with Crippen LogP contribution >= 0.6 is 11.3 Å². The molecule has 4 nitrogen and oxygen atoms in total. The van der Waals surface area contributed by atoms with Gasteiger partial charge in [-0.15, -0.1) is 11.3 Å². The lowest BCUT2D eigenvalue weighted by Crippen LogP contribution is -2.35. The number of piperidine rings is 1. The lowest BCUT2D eigenvalue weighted by molar-refractivity contribution is 0.0700. The van der Waals surface area contributed by atoms with Crippen molar-refractivity contribution in [2.75, 3.05) is 19.6 Å². The van der Waals surface area contributed by atoms with E-state index in [4.69, 9.17) is 0 Å². The first-order valence-corrected chi connectivity index (χ1v) is 8.71. The zero-order valence-corrected chi connectivity index (χ0v) is 14.1. The van der Waals surface area contributed by atoms with Crippen LogP contribution in [0.5, 0.6) is 0 Å². The molecule has 1 fully saturated rings. The number of nitrogens with zero attached hydrogens (tertiary/aromatic N) is 2. The highest BCUT2D eigenvalue weighted by Crippen LogP contribution is 2.23. The van der Waals surface area contributed by atoms with Crippen LogP contribution in [-0.2, 0) is 12.8 Å². The fraction of sp³-hybridized carbons (Fsp3) is 0.750. The molecule has 0 saturated carbocycles. The molecular weight excluding hydrogens is 284 g/mol. The van der Waals surface area contributed by atoms with Crippen LogP contribution in [0.2, 0.25) is 0 Å². The molecule has 1 atom stereocenters. The van der Waals surface area contributed by atoms with Gasteiger partial charge in [-0.1, -0.05) is 20.8 Å². The number of carbonyl (C=O) groups is 1. The maximum Gasteiger partial charge on any atom is 0.347 e. The van der Waals surface area contributed by atoms with Gasteiger partial charge in [0.1, 0.15) is 4.88 Å². The van der Waals surface area contributed by atoms with Gasteiger partial charge in [0.25, 0.3) is 0 Å². The number of aromatic carboxylic acids is 1. The van der Waals surface area contributed by atoms with E-state index < -0.39 is 5.97 Å². The molecule has 1 N–H and O–H groups in total. The van der Waals surface area contributed by atoms with E-state index >= 15 is 0 Å². The average molecular weight is 310 g/mol. The van der Waals surface area contributed by atoms with Gasteiger partial charge >= 0.3 is 5.97 Å². The summed E-state index contributed by atoms with van der Waals surface area (Å²) in [5.41, 5.74) is 0.768. The summed E-state index contributed by atoms with van der Waals surface area (Å²) in [6.07, 6.45) is 4.22. The second-order valence-electron chi connectivity index (χ2n) is 6.58. The Kier molecular flexibility index (Phi) is 5.76. The second-order valence-corrected chi connectivity index (χ2v) is 7.67. The third kappa shape index (κ3) is 4.78. The Morgan fingerprint density at radius 1 is 1.52 bits per heavy atom. The number of hydrogen-bond acceptors (Lipinski definition) is 4. The standard InChI is InChI=1S/C16H26N2O2S/c1-11(2)9-13-15(16(19)20)21-14(17-13)6-8-18-7-4-5-12(3)10-18/h11-12H,4-10H2,1-3H3,(H,19,20). The van der Waals surface area contributed by atoms with Crippen molar-refractivity contribution in [3.05, 3.63) is 15.6 Å². The second kappa shape index (κ2) is 7.36. The third-order valence-corrected chi connectivity index (χ3v) is 5.07. The number of carboxylic acids is 1. The van der Waals surface area contributed by atoms with E-state index in [1.165, 1.54) is 30.7 Å². The van der Waals surface area contributed by atoms with Gasteiger partial charge in [0.15, 0.2) is 0 Å². The predicted octanol–water partition coefficient (Wildman–Crippen LogP) is 3.31. The van der Waals surface area contributed by atoms with Crippen LogP contribution in [0.3, 0.4) is 0 Å². The van der Waals surface area contributed by atoms with Crippen LogP contribution in [0, 0.1) is 11.8 Å². The summed E-state index contributed by atoms with van der Waals surface area (Å²) < 4.78 is 0. The number of thiazole rings is 1. The van der Waals surface area contributed by atoms with Gasteiger partial charge in [0, 0.05) is 19.5 Å². The van der Waals surface area contributed by atoms with Crippen molar-refractivity contribution in [2.45, 2.75) is 46.5 Å². The number of carboxylic acid groups (broad SMARTS) is 1. The Balaban J connectivity index is 1.98. The highest BCUT2D eigenvalue weighted by atomic mass is 32.1. The molecule has 2 heterocycles. The van der Waals surface area contributed by atoms with Crippen molar-refractivity contribution < 1.29 is 9.90 Å². The quantitative estimate of drug-likeness (QED) is 0.876. The molecule has 1 aromatic heterocycles. The molecule has 0 amide bonds. The SMILES string of the molecule is CC(C)Cc1nc(CCN2CCCC(C)C2)sc1C(=O)O. The van der Waals surface area contributed by atoms with Crippen molar-refractivity contribution in [1.29, 1.82) is 0 Å². The predicted molar refractivity (Wildman–Crippen MR) is 86.2 cm³/mol. The minimum Gasteiger partial charge on any atom is -0.477 e. The summed E-state index contributed by atoms with van der Waals surface area (Å²) in [6, 6.07) is 0. The number of likely N-dealkylation sites (tertiary alicyclic amines) is 1. The third-order valence-electron chi connectivity index (χ3n) is 3.92. The first kappa shape index (κ1) is 16.4. The number of rotatable bonds is 6. The van der Waals surface area contributed by atoms with E-state index in [0.717, 1.165) is 42.6 Å². The van der Waals surface area contributed by atoms with E-state index in [9.17, 15) is 9.90 Å². The van der Waals surface area contributed by atoms with Crippen LogP contribution in [0.4, 0.5) is 0 Å². The molecule has 5 heteroatoms. The molecule has 118 valence electrons. The van der Waals surface area contributed by atoms with Gasteiger partial charge in [-0.25, -0.2) is 9.78 Å². The summed E-state index contributed by atoms with van der Waals surface area (Å²) in [7, 11) is 0. The Morgan fingerprint density at radius 2 is 2.29 bits per heavy atom. The molecule has 1 saturated heterocycles. The summed E-state index contributed by atoms with van der Waals surface area (Å²) in [5, 5.41) is 10.3. The fourth-order valence-electron chi connectivity index (χ4n) is 2.94. The molecule has 1 aliphatic heterocycles. The largest absolute Gasteiger partial charge is 0.477 e. The molecule has 1 aliphatic rings. The smallest absolute Gasteiger partial charge is 0.347 e. The van der Waals surface area contributed by atoms with Crippen molar-refractivity contribution in [2.24, 2.45) is 11.8 Å². The minimum atomic E-state index is -0.832. The van der Waals surface area contributed by atoms with Crippen molar-refractivity contribution in [3.63, 3.8) is 0 Å². The number of hydrogen-bond donors (Lipinski definition) is 1. The Bertz CT molecular complexity index is 485. The zero-order chi connectivity index (χ0) is 15.4. The monoisotopic (exact) mass is 310 g/mol. The molecule has 0 bridgehead atoms. The van der Waals surface area contributed by atoms with E-state index in [2.05, 4.69) is 30.7 Å². The Labute approximate surface area is 131 Å². The lowest BCUT2D eigenvalue weighted by Gasteiger charge is -2.30. The van der Waals surface area contributed by atoms with Gasteiger partial charge in [-0.2, -0.15) is 0 Å². The fourth-order valence-corrected chi connectivity index (χ4v) is 3.86. The topological polar surface area (TPSA) is 53.4 Å². The van der Waals surface area contributed by atoms with Gasteiger partial charge < -0.3 is 10.0 Å². The van der Waals surface area contributed by atoms with E-state index in [-0.39, 0.29) is 0 Å². The van der Waals surface area contributed by atoms with Gasteiger partial charge in [0.05, 0.1) is 10.7 Å². The number of aromatic nitrogens is 1. The molecule has 1 aromatic rings. The molecule has 21 heavy (non-hydrogen) atoms. The first-order chi connectivity index (χ1) is 9.95. The molecule has 0 aliphatic carbocycles. The Morgan fingerprint density at radius 3 is 2.90 bits per heavy atom. The van der Waals surface area contributed by atoms with Crippen molar-refractivity contribution >= 4 is 17.3 Å². The van der Waals surface area contributed by atoms with Gasteiger partial charge in [-0.3, -0.25) is 0 Å². The molecular formula is C16H26N2O2S. The van der Waals surface area contributed by atoms with Gasteiger partial charge in [0.2, 0.25) is 0 Å². The minimum absolute atomic E-state index is 0.431. The summed E-state index contributed by atoms with van der Waals surface area (Å²) in [5.74, 6) is 0.378. The van der Waals surface area contributed by atoms with Crippen LogP contribution in [0.1, 0.15) is 54.0 Å². The highest BCUT2D eigenvalue weighted by Gasteiger charge is 2.20. The lowest BCUT2D eigenvalue weighted by atomic mass is 10.0. The molecule has 0 radical (unpaired) electrons. The van der Waals surface area contributed by atoms with Crippen LogP contribution < -0.4 is 0 Å². The highest BCUT2D eigenvalue weighted by molar-refractivity contribution is 7.13. The Hall–Kier alpha value is -0.940. The van der Waals surface area contributed by atoms with Crippen LogP contribution in [-0.4, -0.2) is 40.6 Å².